The van der Waals surface area contributed by atoms with Gasteiger partial charge >= 0.3 is 6.04 Å². The molecule has 2 nitrogen and oxygen atoms in total. The van der Waals surface area contributed by atoms with Gasteiger partial charge in [-0.3, -0.25) is 9.69 Å². The molecular weight excluding hydrogens is 145 g/mol. The third-order valence-electron chi connectivity index (χ3n) is 2.04. The van der Waals surface area contributed by atoms with E-state index in [1.165, 1.54) is 0 Å². The molecule has 0 aliphatic carbocycles. The average molecular weight is 161 g/mol. The van der Waals surface area contributed by atoms with Gasteiger partial charge in [0.1, 0.15) is 5.54 Å². The first kappa shape index (κ1) is 10.6. The standard InChI is InChI=1S/C8H16FNO/c1-5-10(6-2)8(3,4)7(9)11/h5-6H2,1-4H3. The molecule has 0 fully saturated rings. The SMILES string of the molecule is CCN(CC)C(C)(C)C(=O)F. The van der Waals surface area contributed by atoms with Gasteiger partial charge in [-0.2, -0.15) is 4.39 Å². The summed E-state index contributed by atoms with van der Waals surface area (Å²) in [4.78, 5) is 12.3. The van der Waals surface area contributed by atoms with Crippen LogP contribution >= 0.6 is 0 Å². The van der Waals surface area contributed by atoms with E-state index in [9.17, 15) is 9.18 Å². The minimum absolute atomic E-state index is 0.694. The minimum atomic E-state index is -1.26. The van der Waals surface area contributed by atoms with Crippen molar-refractivity contribution < 1.29 is 9.18 Å². The summed E-state index contributed by atoms with van der Waals surface area (Å²) in [5, 5.41) is 0. The summed E-state index contributed by atoms with van der Waals surface area (Å²) in [6.45, 7) is 8.41. The lowest BCUT2D eigenvalue weighted by atomic mass is 10.0. The normalized spacial score (nSPS) is 12.2. The molecule has 11 heavy (non-hydrogen) atoms. The molecule has 0 atom stereocenters. The van der Waals surface area contributed by atoms with E-state index in [1.54, 1.807) is 18.7 Å². The van der Waals surface area contributed by atoms with Gasteiger partial charge in [0.05, 0.1) is 0 Å². The molecule has 0 N–H and O–H groups in total. The van der Waals surface area contributed by atoms with Crippen LogP contribution in [0.5, 0.6) is 0 Å². The minimum Gasteiger partial charge on any atom is -0.290 e. The lowest BCUT2D eigenvalue weighted by molar-refractivity contribution is -0.140. The smallest absolute Gasteiger partial charge is 0.290 e. The van der Waals surface area contributed by atoms with E-state index in [-0.39, 0.29) is 0 Å². The van der Waals surface area contributed by atoms with E-state index in [2.05, 4.69) is 0 Å². The number of carbonyl (C=O) groups is 1. The lowest BCUT2D eigenvalue weighted by Crippen LogP contribution is -2.48. The Labute approximate surface area is 67.4 Å². The molecule has 0 aliphatic heterocycles. The van der Waals surface area contributed by atoms with Crippen LogP contribution < -0.4 is 0 Å². The maximum Gasteiger partial charge on any atom is 0.321 e. The maximum absolute atomic E-state index is 12.4. The predicted octanol–water partition coefficient (Wildman–Crippen LogP) is 1.60. The summed E-state index contributed by atoms with van der Waals surface area (Å²) in [5.41, 5.74) is -0.955. The number of carbonyl (C=O) groups excluding carboxylic acids is 1. The number of halogens is 1. The van der Waals surface area contributed by atoms with Gasteiger partial charge in [0.2, 0.25) is 0 Å². The van der Waals surface area contributed by atoms with E-state index < -0.39 is 11.6 Å². The highest BCUT2D eigenvalue weighted by atomic mass is 19.1. The van der Waals surface area contributed by atoms with Gasteiger partial charge in [-0.15, -0.1) is 0 Å². The molecule has 0 spiro atoms. The molecule has 0 saturated heterocycles. The summed E-state index contributed by atoms with van der Waals surface area (Å²) in [7, 11) is 0. The molecular formula is C8H16FNO. The molecule has 0 heterocycles. The Kier molecular flexibility index (Phi) is 3.66. The first-order valence-electron chi connectivity index (χ1n) is 3.91. The van der Waals surface area contributed by atoms with Crippen LogP contribution in [0.25, 0.3) is 0 Å². The van der Waals surface area contributed by atoms with Crippen LogP contribution in [-0.2, 0) is 4.79 Å². The van der Waals surface area contributed by atoms with Gasteiger partial charge in [0, 0.05) is 0 Å². The lowest BCUT2D eigenvalue weighted by Gasteiger charge is -2.32. The van der Waals surface area contributed by atoms with Crippen molar-refractivity contribution in [1.29, 1.82) is 0 Å². The molecule has 0 unspecified atom stereocenters. The Bertz CT molecular complexity index is 141. The van der Waals surface area contributed by atoms with Gasteiger partial charge < -0.3 is 0 Å². The van der Waals surface area contributed by atoms with Gasteiger partial charge in [-0.05, 0) is 26.9 Å². The molecule has 0 aromatic rings. The number of hydrogen-bond acceptors (Lipinski definition) is 2. The second kappa shape index (κ2) is 3.81. The second-order valence-electron chi connectivity index (χ2n) is 3.01. The number of hydrogen-bond donors (Lipinski definition) is 0. The zero-order valence-corrected chi connectivity index (χ0v) is 7.65. The number of nitrogens with zero attached hydrogens (tertiary/aromatic N) is 1. The summed E-state index contributed by atoms with van der Waals surface area (Å²) in [6, 6.07) is -1.26. The van der Waals surface area contributed by atoms with Crippen molar-refractivity contribution in [1.82, 2.24) is 4.90 Å². The summed E-state index contributed by atoms with van der Waals surface area (Å²) >= 11 is 0. The van der Waals surface area contributed by atoms with Crippen LogP contribution in [0.15, 0.2) is 0 Å². The fourth-order valence-electron chi connectivity index (χ4n) is 1.14. The fraction of sp³-hybridized carbons (Fsp3) is 0.875. The summed E-state index contributed by atoms with van der Waals surface area (Å²) in [5.74, 6) is 0. The van der Waals surface area contributed by atoms with Crippen molar-refractivity contribution in [2.24, 2.45) is 0 Å². The molecule has 0 radical (unpaired) electrons. The van der Waals surface area contributed by atoms with Crippen molar-refractivity contribution in [2.75, 3.05) is 13.1 Å². The quantitative estimate of drug-likeness (QED) is 0.584. The Morgan fingerprint density at radius 3 is 1.82 bits per heavy atom. The summed E-state index contributed by atoms with van der Waals surface area (Å²) < 4.78 is 12.4. The highest BCUT2D eigenvalue weighted by Gasteiger charge is 2.32. The second-order valence-corrected chi connectivity index (χ2v) is 3.01. The third-order valence-corrected chi connectivity index (χ3v) is 2.04. The highest BCUT2D eigenvalue weighted by Crippen LogP contribution is 2.15. The topological polar surface area (TPSA) is 20.3 Å². The van der Waals surface area contributed by atoms with E-state index in [0.717, 1.165) is 0 Å². The maximum atomic E-state index is 12.4. The van der Waals surface area contributed by atoms with Crippen LogP contribution in [0.2, 0.25) is 0 Å². The highest BCUT2D eigenvalue weighted by molar-refractivity contribution is 5.78. The number of rotatable bonds is 4. The van der Waals surface area contributed by atoms with E-state index >= 15 is 0 Å². The van der Waals surface area contributed by atoms with Crippen molar-refractivity contribution in [2.45, 2.75) is 33.2 Å². The predicted molar refractivity (Wildman–Crippen MR) is 43.1 cm³/mol. The van der Waals surface area contributed by atoms with E-state index in [1.807, 2.05) is 13.8 Å². The van der Waals surface area contributed by atoms with Crippen LogP contribution in [0.4, 0.5) is 4.39 Å². The number of likely N-dealkylation sites (N-methyl/N-ethyl adjacent to an activating group) is 1. The Morgan fingerprint density at radius 2 is 1.73 bits per heavy atom. The fourth-order valence-corrected chi connectivity index (χ4v) is 1.14. The molecule has 0 aromatic heterocycles. The van der Waals surface area contributed by atoms with Crippen LogP contribution in [-0.4, -0.2) is 29.6 Å². The molecule has 0 aromatic carbocycles. The third kappa shape index (κ3) is 2.26. The van der Waals surface area contributed by atoms with E-state index in [4.69, 9.17) is 0 Å². The van der Waals surface area contributed by atoms with Crippen molar-refractivity contribution >= 4 is 6.04 Å². The average Bonchev–Trinajstić information content (AvgIpc) is 1.89. The molecule has 0 aliphatic rings. The Balaban J connectivity index is 4.36. The molecule has 0 rings (SSSR count). The van der Waals surface area contributed by atoms with Crippen molar-refractivity contribution in [3.05, 3.63) is 0 Å². The monoisotopic (exact) mass is 161 g/mol. The van der Waals surface area contributed by atoms with Crippen LogP contribution in [0.1, 0.15) is 27.7 Å². The molecule has 3 heteroatoms. The van der Waals surface area contributed by atoms with Gasteiger partial charge in [0.25, 0.3) is 0 Å². The Hall–Kier alpha value is -0.440. The zero-order chi connectivity index (χ0) is 9.07. The van der Waals surface area contributed by atoms with Crippen LogP contribution in [0, 0.1) is 0 Å². The van der Waals surface area contributed by atoms with E-state index in [0.29, 0.717) is 13.1 Å². The first-order chi connectivity index (χ1) is 4.96. The molecule has 0 bridgehead atoms. The first-order valence-corrected chi connectivity index (χ1v) is 3.91. The molecule has 0 saturated carbocycles. The van der Waals surface area contributed by atoms with Gasteiger partial charge in [-0.25, -0.2) is 0 Å². The largest absolute Gasteiger partial charge is 0.321 e. The van der Waals surface area contributed by atoms with Crippen molar-refractivity contribution in [3.8, 4) is 0 Å². The summed E-state index contributed by atoms with van der Waals surface area (Å²) in [6.07, 6.45) is 0. The van der Waals surface area contributed by atoms with Crippen molar-refractivity contribution in [3.63, 3.8) is 0 Å². The molecule has 66 valence electrons. The van der Waals surface area contributed by atoms with Crippen LogP contribution in [0.3, 0.4) is 0 Å². The van der Waals surface area contributed by atoms with Gasteiger partial charge in [-0.1, -0.05) is 13.8 Å². The Morgan fingerprint density at radius 1 is 1.36 bits per heavy atom. The zero-order valence-electron chi connectivity index (χ0n) is 7.65. The van der Waals surface area contributed by atoms with Gasteiger partial charge in [0.15, 0.2) is 0 Å². The molecule has 0 amide bonds.